The highest BCUT2D eigenvalue weighted by Gasteiger charge is 2.22. The van der Waals surface area contributed by atoms with Crippen LogP contribution in [0.3, 0.4) is 0 Å². The second-order valence-electron chi connectivity index (χ2n) is 10.5. The van der Waals surface area contributed by atoms with Gasteiger partial charge in [-0.15, -0.1) is 0 Å². The normalized spacial score (nSPS) is 10.5. The second kappa shape index (κ2) is 17.4. The highest BCUT2D eigenvalue weighted by atomic mass is 32.1. The Morgan fingerprint density at radius 2 is 0.644 bits per heavy atom. The number of thiocarbonyl (C=S) groups is 3. The van der Waals surface area contributed by atoms with Crippen LogP contribution in [0.25, 0.3) is 0 Å². The summed E-state index contributed by atoms with van der Waals surface area (Å²) in [7, 11) is 0. The van der Waals surface area contributed by atoms with Gasteiger partial charge in [0.05, 0.1) is 0 Å². The fraction of sp³-hybridized carbons (Fsp3) is 0.250. The SMILES string of the molecule is CCc1c(CNC(=S)Nc2ccccc2)c(CC)c(CNC(=S)Nc2ccccc2)c(CC)c1CNC(=S)Nc1ccccc1. The van der Waals surface area contributed by atoms with Gasteiger partial charge in [-0.3, -0.25) is 0 Å². The minimum absolute atomic E-state index is 0.589. The largest absolute Gasteiger partial charge is 0.358 e. The van der Waals surface area contributed by atoms with Crippen LogP contribution in [-0.2, 0) is 38.9 Å². The Labute approximate surface area is 283 Å². The van der Waals surface area contributed by atoms with E-state index in [2.05, 4.69) is 52.7 Å². The predicted molar refractivity (Wildman–Crippen MR) is 203 cm³/mol. The van der Waals surface area contributed by atoms with Crippen LogP contribution in [-0.4, -0.2) is 15.3 Å². The van der Waals surface area contributed by atoms with Gasteiger partial charge in [-0.2, -0.15) is 0 Å². The molecule has 0 bridgehead atoms. The van der Waals surface area contributed by atoms with Crippen molar-refractivity contribution in [3.8, 4) is 0 Å². The maximum atomic E-state index is 5.71. The molecule has 0 saturated carbocycles. The van der Waals surface area contributed by atoms with Crippen molar-refractivity contribution in [3.63, 3.8) is 0 Å². The molecule has 0 aliphatic carbocycles. The van der Waals surface area contributed by atoms with Gasteiger partial charge in [0.25, 0.3) is 0 Å². The van der Waals surface area contributed by atoms with E-state index >= 15 is 0 Å². The zero-order chi connectivity index (χ0) is 32.0. The Morgan fingerprint density at radius 3 is 0.867 bits per heavy atom. The van der Waals surface area contributed by atoms with Crippen LogP contribution in [0.2, 0.25) is 0 Å². The lowest BCUT2D eigenvalue weighted by molar-refractivity contribution is 0.790. The summed E-state index contributed by atoms with van der Waals surface area (Å²) in [5, 5.41) is 22.2. The maximum Gasteiger partial charge on any atom is 0.171 e. The molecule has 4 aromatic carbocycles. The van der Waals surface area contributed by atoms with Crippen molar-refractivity contribution in [2.75, 3.05) is 16.0 Å². The molecule has 0 radical (unpaired) electrons. The maximum absolute atomic E-state index is 5.71. The molecule has 0 amide bonds. The molecule has 4 rings (SSSR count). The van der Waals surface area contributed by atoms with Gasteiger partial charge in [0, 0.05) is 36.7 Å². The molecule has 0 saturated heterocycles. The van der Waals surface area contributed by atoms with Gasteiger partial charge in [-0.25, -0.2) is 0 Å². The molecule has 45 heavy (non-hydrogen) atoms. The molecule has 234 valence electrons. The van der Waals surface area contributed by atoms with Crippen molar-refractivity contribution in [1.82, 2.24) is 16.0 Å². The molecular weight excluding hydrogens is 613 g/mol. The quantitative estimate of drug-likeness (QED) is 0.0858. The van der Waals surface area contributed by atoms with Gasteiger partial charge >= 0.3 is 0 Å². The fourth-order valence-electron chi connectivity index (χ4n) is 5.61. The average Bonchev–Trinajstić information content (AvgIpc) is 3.06. The predicted octanol–water partition coefficient (Wildman–Crippen LogP) is 7.83. The summed E-state index contributed by atoms with van der Waals surface area (Å²) >= 11 is 17.1. The molecule has 6 nitrogen and oxygen atoms in total. The van der Waals surface area contributed by atoms with E-state index in [1.165, 1.54) is 33.4 Å². The first-order valence-electron chi connectivity index (χ1n) is 15.4. The van der Waals surface area contributed by atoms with Gasteiger partial charge in [0.1, 0.15) is 0 Å². The topological polar surface area (TPSA) is 72.2 Å². The van der Waals surface area contributed by atoms with E-state index in [4.69, 9.17) is 36.7 Å². The number of nitrogens with one attached hydrogen (secondary N) is 6. The van der Waals surface area contributed by atoms with Gasteiger partial charge in [-0.05, 0) is 126 Å². The Bertz CT molecular complexity index is 1370. The van der Waals surface area contributed by atoms with Crippen molar-refractivity contribution in [2.45, 2.75) is 59.7 Å². The van der Waals surface area contributed by atoms with Crippen molar-refractivity contribution in [3.05, 3.63) is 124 Å². The van der Waals surface area contributed by atoms with Gasteiger partial charge in [-0.1, -0.05) is 75.4 Å². The number of hydrogen-bond acceptors (Lipinski definition) is 3. The van der Waals surface area contributed by atoms with Crippen molar-refractivity contribution >= 4 is 69.1 Å². The number of para-hydroxylation sites is 3. The molecule has 4 aromatic rings. The molecule has 0 spiro atoms. The standard InChI is InChI=1S/C36H42N6S3/c1-4-28-31(22-37-34(43)40-25-16-10-7-11-17-25)29(5-2)33(24-39-36(45)42-27-20-14-9-15-21-27)30(6-3)32(28)23-38-35(44)41-26-18-12-8-13-19-26/h7-21H,4-6,22-24H2,1-3H3,(H2,37,40,43)(H2,38,41,44)(H2,39,42,45). The van der Waals surface area contributed by atoms with Crippen molar-refractivity contribution in [2.24, 2.45) is 0 Å². The van der Waals surface area contributed by atoms with E-state index in [0.717, 1.165) is 36.3 Å². The molecule has 0 aliphatic heterocycles. The summed E-state index contributed by atoms with van der Waals surface area (Å²) in [6.45, 7) is 8.48. The minimum atomic E-state index is 0.589. The summed E-state index contributed by atoms with van der Waals surface area (Å²) < 4.78 is 0. The van der Waals surface area contributed by atoms with E-state index in [-0.39, 0.29) is 0 Å². The van der Waals surface area contributed by atoms with E-state index < -0.39 is 0 Å². The average molecular weight is 655 g/mol. The Hall–Kier alpha value is -4.05. The van der Waals surface area contributed by atoms with E-state index in [0.29, 0.717) is 35.0 Å². The molecule has 9 heteroatoms. The smallest absolute Gasteiger partial charge is 0.171 e. The molecule has 6 N–H and O–H groups in total. The van der Waals surface area contributed by atoms with Crippen LogP contribution in [0.1, 0.15) is 54.2 Å². The van der Waals surface area contributed by atoms with Crippen LogP contribution in [0.4, 0.5) is 17.1 Å². The lowest BCUT2D eigenvalue weighted by atomic mass is 9.83. The number of rotatable bonds is 12. The molecular formula is C36H42N6S3. The first-order chi connectivity index (χ1) is 21.9. The van der Waals surface area contributed by atoms with E-state index in [9.17, 15) is 0 Å². The fourth-order valence-corrected chi connectivity index (χ4v) is 6.18. The third-order valence-electron chi connectivity index (χ3n) is 7.62. The Balaban J connectivity index is 1.64. The van der Waals surface area contributed by atoms with Gasteiger partial charge in [0.15, 0.2) is 15.3 Å². The third-order valence-corrected chi connectivity index (χ3v) is 8.36. The number of hydrogen-bond donors (Lipinski definition) is 6. The first kappa shape index (κ1) is 33.8. The van der Waals surface area contributed by atoms with Crippen LogP contribution in [0.5, 0.6) is 0 Å². The highest BCUT2D eigenvalue weighted by Crippen LogP contribution is 2.31. The van der Waals surface area contributed by atoms with Gasteiger partial charge in [0.2, 0.25) is 0 Å². The Kier molecular flexibility index (Phi) is 13.1. The summed E-state index contributed by atoms with van der Waals surface area (Å²) in [4.78, 5) is 0. The van der Waals surface area contributed by atoms with Crippen LogP contribution < -0.4 is 31.9 Å². The molecule has 0 aromatic heterocycles. The Morgan fingerprint density at radius 1 is 0.400 bits per heavy atom. The highest BCUT2D eigenvalue weighted by molar-refractivity contribution is 7.80. The molecule has 0 unspecified atom stereocenters. The number of benzene rings is 4. The van der Waals surface area contributed by atoms with Crippen molar-refractivity contribution < 1.29 is 0 Å². The lowest BCUT2D eigenvalue weighted by Crippen LogP contribution is -2.33. The zero-order valence-corrected chi connectivity index (χ0v) is 28.6. The molecule has 0 atom stereocenters. The summed E-state index contributed by atoms with van der Waals surface area (Å²) in [6.07, 6.45) is 2.65. The van der Waals surface area contributed by atoms with E-state index in [1.54, 1.807) is 0 Å². The van der Waals surface area contributed by atoms with Crippen LogP contribution >= 0.6 is 36.7 Å². The summed E-state index contributed by atoms with van der Waals surface area (Å²) in [5.74, 6) is 0. The zero-order valence-electron chi connectivity index (χ0n) is 26.1. The molecule has 0 aliphatic rings. The van der Waals surface area contributed by atoms with Crippen LogP contribution in [0.15, 0.2) is 91.0 Å². The second-order valence-corrected chi connectivity index (χ2v) is 11.7. The van der Waals surface area contributed by atoms with Crippen LogP contribution in [0, 0.1) is 0 Å². The molecule has 0 heterocycles. The summed E-state index contributed by atoms with van der Waals surface area (Å²) in [6, 6.07) is 30.0. The third kappa shape index (κ3) is 9.72. The monoisotopic (exact) mass is 654 g/mol. The summed E-state index contributed by atoms with van der Waals surface area (Å²) in [5.41, 5.74) is 10.6. The number of anilines is 3. The van der Waals surface area contributed by atoms with Crippen molar-refractivity contribution in [1.29, 1.82) is 0 Å². The molecule has 0 fully saturated rings. The lowest BCUT2D eigenvalue weighted by Gasteiger charge is -2.27. The van der Waals surface area contributed by atoms with E-state index in [1.807, 2.05) is 91.0 Å². The minimum Gasteiger partial charge on any atom is -0.358 e. The first-order valence-corrected chi connectivity index (χ1v) is 16.6. The van der Waals surface area contributed by atoms with Gasteiger partial charge < -0.3 is 31.9 Å².